The number of anilines is 3. The molecule has 0 aliphatic rings. The molecule has 0 spiro atoms. The van der Waals surface area contributed by atoms with Gasteiger partial charge in [0.15, 0.2) is 6.10 Å². The molecule has 0 aliphatic heterocycles. The molecule has 144 valence electrons. The second-order valence-electron chi connectivity index (χ2n) is 6.38. The first-order valence-corrected chi connectivity index (χ1v) is 9.61. The molecular formula is C21H21BrN4O2. The predicted molar refractivity (Wildman–Crippen MR) is 114 cm³/mol. The molecular weight excluding hydrogens is 420 g/mol. The Balaban J connectivity index is 1.58. The predicted octanol–water partition coefficient (Wildman–Crippen LogP) is 5.01. The van der Waals surface area contributed by atoms with Gasteiger partial charge in [0.2, 0.25) is 5.95 Å². The largest absolute Gasteiger partial charge is 0.481 e. The average molecular weight is 441 g/mol. The maximum Gasteiger partial charge on any atom is 0.265 e. The number of nitrogens with one attached hydrogen (secondary N) is 2. The highest BCUT2D eigenvalue weighted by molar-refractivity contribution is 9.10. The van der Waals surface area contributed by atoms with Crippen LogP contribution in [0.15, 0.2) is 59.1 Å². The van der Waals surface area contributed by atoms with E-state index in [0.29, 0.717) is 17.4 Å². The van der Waals surface area contributed by atoms with Crippen LogP contribution >= 0.6 is 15.9 Å². The molecule has 1 unspecified atom stereocenters. The molecule has 3 rings (SSSR count). The molecule has 7 heteroatoms. The van der Waals surface area contributed by atoms with Crippen molar-refractivity contribution in [3.05, 3.63) is 70.5 Å². The highest BCUT2D eigenvalue weighted by atomic mass is 79.9. The van der Waals surface area contributed by atoms with E-state index in [1.807, 2.05) is 68.4 Å². The molecule has 1 atom stereocenters. The maximum atomic E-state index is 12.4. The van der Waals surface area contributed by atoms with Crippen molar-refractivity contribution >= 4 is 39.2 Å². The van der Waals surface area contributed by atoms with E-state index < -0.39 is 6.10 Å². The van der Waals surface area contributed by atoms with Crippen molar-refractivity contribution in [2.45, 2.75) is 26.9 Å². The summed E-state index contributed by atoms with van der Waals surface area (Å²) >= 11 is 3.37. The summed E-state index contributed by atoms with van der Waals surface area (Å²) in [6.07, 6.45) is -0.623. The minimum absolute atomic E-state index is 0.221. The van der Waals surface area contributed by atoms with Crippen molar-refractivity contribution in [1.82, 2.24) is 9.97 Å². The monoisotopic (exact) mass is 440 g/mol. The fourth-order valence-corrected chi connectivity index (χ4v) is 2.83. The van der Waals surface area contributed by atoms with Gasteiger partial charge in [-0.2, -0.15) is 0 Å². The number of carbonyl (C=O) groups excluding carboxylic acids is 1. The van der Waals surface area contributed by atoms with Crippen LogP contribution in [0.1, 0.15) is 18.3 Å². The number of aromatic nitrogens is 2. The number of ether oxygens (including phenoxy) is 1. The number of halogens is 1. The normalized spacial score (nSPS) is 11.6. The topological polar surface area (TPSA) is 76.1 Å². The van der Waals surface area contributed by atoms with Crippen molar-refractivity contribution < 1.29 is 9.53 Å². The minimum Gasteiger partial charge on any atom is -0.481 e. The molecule has 2 N–H and O–H groups in total. The van der Waals surface area contributed by atoms with Gasteiger partial charge < -0.3 is 15.4 Å². The minimum atomic E-state index is -0.623. The lowest BCUT2D eigenvalue weighted by Gasteiger charge is -2.15. The van der Waals surface area contributed by atoms with Crippen LogP contribution in [0.5, 0.6) is 5.75 Å². The van der Waals surface area contributed by atoms with Gasteiger partial charge in [0.05, 0.1) is 0 Å². The first-order chi connectivity index (χ1) is 13.4. The smallest absolute Gasteiger partial charge is 0.265 e. The molecule has 1 aromatic heterocycles. The standard InChI is InChI=1S/C21H21BrN4O2/c1-13-12-14(2)24-21(23-13)26-18-8-6-17(7-9-18)25-20(27)15(3)28-19-10-4-16(22)5-11-19/h4-12,15H,1-3H3,(H,25,27)(H,23,24,26). The lowest BCUT2D eigenvalue weighted by Crippen LogP contribution is -2.30. The van der Waals surface area contributed by atoms with Crippen LogP contribution < -0.4 is 15.4 Å². The SMILES string of the molecule is Cc1cc(C)nc(Nc2ccc(NC(=O)C(C)Oc3ccc(Br)cc3)cc2)n1. The summed E-state index contributed by atoms with van der Waals surface area (Å²) in [5, 5.41) is 6.01. The lowest BCUT2D eigenvalue weighted by molar-refractivity contribution is -0.122. The van der Waals surface area contributed by atoms with Gasteiger partial charge in [-0.15, -0.1) is 0 Å². The highest BCUT2D eigenvalue weighted by Crippen LogP contribution is 2.19. The zero-order chi connectivity index (χ0) is 20.1. The van der Waals surface area contributed by atoms with Gasteiger partial charge >= 0.3 is 0 Å². The molecule has 2 aromatic carbocycles. The molecule has 0 fully saturated rings. The zero-order valence-electron chi connectivity index (χ0n) is 15.9. The molecule has 3 aromatic rings. The summed E-state index contributed by atoms with van der Waals surface area (Å²) in [6.45, 7) is 5.57. The van der Waals surface area contributed by atoms with E-state index in [-0.39, 0.29) is 5.91 Å². The Bertz CT molecular complexity index is 939. The number of carbonyl (C=O) groups is 1. The molecule has 0 saturated carbocycles. The van der Waals surface area contributed by atoms with E-state index >= 15 is 0 Å². The van der Waals surface area contributed by atoms with Crippen molar-refractivity contribution in [2.24, 2.45) is 0 Å². The fraction of sp³-hybridized carbons (Fsp3) is 0.190. The maximum absolute atomic E-state index is 12.4. The van der Waals surface area contributed by atoms with Gasteiger partial charge in [0.25, 0.3) is 5.91 Å². The van der Waals surface area contributed by atoms with Crippen LogP contribution in [-0.4, -0.2) is 22.0 Å². The Morgan fingerprint density at radius 1 is 0.964 bits per heavy atom. The fourth-order valence-electron chi connectivity index (χ4n) is 2.56. The van der Waals surface area contributed by atoms with Crippen molar-refractivity contribution in [2.75, 3.05) is 10.6 Å². The molecule has 0 radical (unpaired) electrons. The number of rotatable bonds is 6. The summed E-state index contributed by atoms with van der Waals surface area (Å²) < 4.78 is 6.62. The Morgan fingerprint density at radius 2 is 1.54 bits per heavy atom. The van der Waals surface area contributed by atoms with Gasteiger partial charge in [-0.1, -0.05) is 15.9 Å². The van der Waals surface area contributed by atoms with Crippen LogP contribution in [0.25, 0.3) is 0 Å². The van der Waals surface area contributed by atoms with Gasteiger partial charge in [-0.25, -0.2) is 9.97 Å². The van der Waals surface area contributed by atoms with E-state index in [1.54, 1.807) is 6.92 Å². The third kappa shape index (κ3) is 5.53. The zero-order valence-corrected chi connectivity index (χ0v) is 17.4. The molecule has 28 heavy (non-hydrogen) atoms. The number of nitrogens with zero attached hydrogens (tertiary/aromatic N) is 2. The quantitative estimate of drug-likeness (QED) is 0.563. The third-order valence-electron chi connectivity index (χ3n) is 3.89. The van der Waals surface area contributed by atoms with Crippen molar-refractivity contribution in [3.8, 4) is 5.75 Å². The van der Waals surface area contributed by atoms with E-state index in [4.69, 9.17) is 4.74 Å². The molecule has 0 bridgehead atoms. The van der Waals surface area contributed by atoms with Gasteiger partial charge in [-0.05, 0) is 75.4 Å². The Kier molecular flexibility index (Phi) is 6.26. The Labute approximate surface area is 172 Å². The van der Waals surface area contributed by atoms with E-state index in [9.17, 15) is 4.79 Å². The van der Waals surface area contributed by atoms with Crippen LogP contribution in [0.3, 0.4) is 0 Å². The molecule has 1 heterocycles. The first-order valence-electron chi connectivity index (χ1n) is 8.81. The number of amides is 1. The molecule has 1 amide bonds. The lowest BCUT2D eigenvalue weighted by atomic mass is 10.2. The number of hydrogen-bond acceptors (Lipinski definition) is 5. The second-order valence-corrected chi connectivity index (χ2v) is 7.30. The summed E-state index contributed by atoms with van der Waals surface area (Å²) in [5.41, 5.74) is 3.32. The Morgan fingerprint density at radius 3 is 2.14 bits per heavy atom. The van der Waals surface area contributed by atoms with Crippen molar-refractivity contribution in [1.29, 1.82) is 0 Å². The van der Waals surface area contributed by atoms with E-state index in [1.165, 1.54) is 0 Å². The van der Waals surface area contributed by atoms with Crippen LogP contribution in [0.2, 0.25) is 0 Å². The number of benzene rings is 2. The van der Waals surface area contributed by atoms with E-state index in [0.717, 1.165) is 21.5 Å². The van der Waals surface area contributed by atoms with Gasteiger partial charge in [0, 0.05) is 27.2 Å². The number of aryl methyl sites for hydroxylation is 2. The third-order valence-corrected chi connectivity index (χ3v) is 4.42. The summed E-state index contributed by atoms with van der Waals surface area (Å²) in [5.74, 6) is 0.964. The second kappa shape index (κ2) is 8.84. The summed E-state index contributed by atoms with van der Waals surface area (Å²) in [6, 6.07) is 16.6. The van der Waals surface area contributed by atoms with E-state index in [2.05, 4.69) is 36.5 Å². The van der Waals surface area contributed by atoms with Gasteiger partial charge in [0.1, 0.15) is 5.75 Å². The molecule has 0 saturated heterocycles. The summed E-state index contributed by atoms with van der Waals surface area (Å²) in [4.78, 5) is 21.1. The Hall–Kier alpha value is -2.93. The highest BCUT2D eigenvalue weighted by Gasteiger charge is 2.15. The molecule has 6 nitrogen and oxygen atoms in total. The van der Waals surface area contributed by atoms with Gasteiger partial charge in [-0.3, -0.25) is 4.79 Å². The van der Waals surface area contributed by atoms with Crippen LogP contribution in [0.4, 0.5) is 17.3 Å². The molecule has 0 aliphatic carbocycles. The first kappa shape index (κ1) is 19.8. The van der Waals surface area contributed by atoms with Crippen molar-refractivity contribution in [3.63, 3.8) is 0 Å². The van der Waals surface area contributed by atoms with Crippen LogP contribution in [-0.2, 0) is 4.79 Å². The average Bonchev–Trinajstić information content (AvgIpc) is 2.64. The summed E-state index contributed by atoms with van der Waals surface area (Å²) in [7, 11) is 0. The number of hydrogen-bond donors (Lipinski definition) is 2. The van der Waals surface area contributed by atoms with Crippen LogP contribution in [0, 0.1) is 13.8 Å².